The Morgan fingerprint density at radius 1 is 1.11 bits per heavy atom. The summed E-state index contributed by atoms with van der Waals surface area (Å²) in [7, 11) is 0. The van der Waals surface area contributed by atoms with Gasteiger partial charge in [-0.05, 0) is 48.9 Å². The Bertz CT molecular complexity index is 1300. The third-order valence-corrected chi connectivity index (χ3v) is 6.57. The molecule has 2 amide bonds. The molecule has 10 heteroatoms. The number of fused-ring (bicyclic) bond motifs is 1. The number of anilines is 1. The van der Waals surface area contributed by atoms with E-state index in [1.165, 1.54) is 12.1 Å². The fourth-order valence-corrected chi connectivity index (χ4v) is 4.78. The molecule has 1 saturated heterocycles. The van der Waals surface area contributed by atoms with Crippen LogP contribution >= 0.6 is 0 Å². The maximum atomic E-state index is 13.9. The number of piperazine rings is 1. The van der Waals surface area contributed by atoms with Crippen LogP contribution in [-0.4, -0.2) is 64.1 Å². The van der Waals surface area contributed by atoms with Crippen molar-refractivity contribution in [1.82, 2.24) is 19.6 Å². The molecule has 186 valence electrons. The van der Waals surface area contributed by atoms with E-state index in [1.807, 2.05) is 0 Å². The summed E-state index contributed by atoms with van der Waals surface area (Å²) < 4.78 is 21.1. The van der Waals surface area contributed by atoms with Gasteiger partial charge in [0.15, 0.2) is 17.3 Å². The van der Waals surface area contributed by atoms with Crippen LogP contribution < -0.4 is 15.8 Å². The average Bonchev–Trinajstić information content (AvgIpc) is 3.30. The van der Waals surface area contributed by atoms with Gasteiger partial charge in [0.1, 0.15) is 11.4 Å². The van der Waals surface area contributed by atoms with Crippen LogP contribution in [0.4, 0.5) is 10.1 Å². The minimum absolute atomic E-state index is 0.00903. The van der Waals surface area contributed by atoms with Gasteiger partial charge < -0.3 is 20.7 Å². The van der Waals surface area contributed by atoms with Crippen molar-refractivity contribution in [1.29, 1.82) is 0 Å². The highest BCUT2D eigenvalue weighted by molar-refractivity contribution is 5.98. The van der Waals surface area contributed by atoms with Gasteiger partial charge in [-0.1, -0.05) is 18.7 Å². The molecule has 0 aliphatic carbocycles. The summed E-state index contributed by atoms with van der Waals surface area (Å²) in [5.41, 5.74) is 8.08. The molecule has 1 fully saturated rings. The number of carbonyl (C=O) groups excluding carboxylic acids is 2. The van der Waals surface area contributed by atoms with E-state index < -0.39 is 11.7 Å². The molecular formula is C26H27FN6O3. The predicted octanol–water partition coefficient (Wildman–Crippen LogP) is 3.09. The molecule has 2 aromatic carbocycles. The number of hydrogen-bond donors (Lipinski definition) is 2. The molecule has 0 saturated carbocycles. The maximum Gasteiger partial charge on any atom is 0.269 e. The standard InChI is InChI=1S/C26H27FN6O3/c1-2-22(34)32-15-13-31(14-16-32)20-11-12-29-24-23(20)30-33(25(24)26(28)35)17-7-9-18(10-8-17)36-21-6-4-3-5-19(21)27/h2-10,20,29H,1,11-16H2,(H2,28,35)/t20-/m1/s1. The highest BCUT2D eigenvalue weighted by Gasteiger charge is 2.35. The number of nitrogens with one attached hydrogen (secondary N) is 1. The molecule has 3 aromatic rings. The summed E-state index contributed by atoms with van der Waals surface area (Å²) in [6, 6.07) is 13.0. The van der Waals surface area contributed by atoms with E-state index in [0.717, 1.165) is 12.1 Å². The van der Waals surface area contributed by atoms with Crippen LogP contribution in [0.5, 0.6) is 11.5 Å². The van der Waals surface area contributed by atoms with Crippen molar-refractivity contribution >= 4 is 17.5 Å². The lowest BCUT2D eigenvalue weighted by molar-refractivity contribution is -0.128. The van der Waals surface area contributed by atoms with Gasteiger partial charge in [0, 0.05) is 32.7 Å². The van der Waals surface area contributed by atoms with Crippen LogP contribution in [0, 0.1) is 5.82 Å². The molecule has 3 heterocycles. The molecule has 0 unspecified atom stereocenters. The largest absolute Gasteiger partial charge is 0.454 e. The minimum atomic E-state index is -0.593. The van der Waals surface area contributed by atoms with Crippen molar-refractivity contribution in [3.05, 3.63) is 78.4 Å². The number of nitrogens with zero attached hydrogens (tertiary/aromatic N) is 4. The molecule has 36 heavy (non-hydrogen) atoms. The lowest BCUT2D eigenvalue weighted by Crippen LogP contribution is -2.50. The van der Waals surface area contributed by atoms with E-state index in [0.29, 0.717) is 49.8 Å². The van der Waals surface area contributed by atoms with Crippen molar-refractivity contribution in [2.45, 2.75) is 12.5 Å². The molecule has 0 radical (unpaired) electrons. The number of nitrogens with two attached hydrogens (primary N) is 1. The summed E-state index contributed by atoms with van der Waals surface area (Å²) >= 11 is 0. The van der Waals surface area contributed by atoms with Gasteiger partial charge in [-0.3, -0.25) is 14.5 Å². The zero-order chi connectivity index (χ0) is 25.2. The molecule has 1 aromatic heterocycles. The Morgan fingerprint density at radius 3 is 2.50 bits per heavy atom. The van der Waals surface area contributed by atoms with Crippen molar-refractivity contribution in [2.75, 3.05) is 38.0 Å². The highest BCUT2D eigenvalue weighted by Crippen LogP contribution is 2.37. The first kappa shape index (κ1) is 23.6. The summed E-state index contributed by atoms with van der Waals surface area (Å²) in [5, 5.41) is 8.11. The molecule has 1 atom stereocenters. The van der Waals surface area contributed by atoms with Crippen LogP contribution in [0.25, 0.3) is 5.69 Å². The summed E-state index contributed by atoms with van der Waals surface area (Å²) in [4.78, 5) is 28.5. The number of carbonyl (C=O) groups is 2. The Labute approximate surface area is 207 Å². The van der Waals surface area contributed by atoms with Crippen LogP contribution in [0.2, 0.25) is 0 Å². The lowest BCUT2D eigenvalue weighted by Gasteiger charge is -2.40. The molecule has 9 nitrogen and oxygen atoms in total. The number of hydrogen-bond acceptors (Lipinski definition) is 6. The Kier molecular flexibility index (Phi) is 6.43. The van der Waals surface area contributed by atoms with E-state index in [2.05, 4.69) is 16.8 Å². The lowest BCUT2D eigenvalue weighted by atomic mass is 10.0. The Balaban J connectivity index is 1.41. The quantitative estimate of drug-likeness (QED) is 0.515. The second kappa shape index (κ2) is 9.82. The van der Waals surface area contributed by atoms with Crippen molar-refractivity contribution < 1.29 is 18.7 Å². The average molecular weight is 491 g/mol. The number of ether oxygens (including phenoxy) is 1. The second-order valence-corrected chi connectivity index (χ2v) is 8.71. The van der Waals surface area contributed by atoms with Crippen molar-refractivity contribution in [2.24, 2.45) is 5.73 Å². The van der Waals surface area contributed by atoms with E-state index in [4.69, 9.17) is 15.6 Å². The smallest absolute Gasteiger partial charge is 0.269 e. The molecule has 0 spiro atoms. The van der Waals surface area contributed by atoms with E-state index >= 15 is 0 Å². The van der Waals surface area contributed by atoms with Gasteiger partial charge in [0.05, 0.1) is 17.4 Å². The van der Waals surface area contributed by atoms with Gasteiger partial charge in [-0.25, -0.2) is 9.07 Å². The topological polar surface area (TPSA) is 106 Å². The third kappa shape index (κ3) is 4.42. The van der Waals surface area contributed by atoms with Gasteiger partial charge >= 0.3 is 0 Å². The number of primary amides is 1. The fraction of sp³-hybridized carbons (Fsp3) is 0.269. The highest BCUT2D eigenvalue weighted by atomic mass is 19.1. The van der Waals surface area contributed by atoms with Crippen molar-refractivity contribution in [3.8, 4) is 17.2 Å². The molecule has 5 rings (SSSR count). The number of para-hydroxylation sites is 1. The van der Waals surface area contributed by atoms with Crippen molar-refractivity contribution in [3.63, 3.8) is 0 Å². The minimum Gasteiger partial charge on any atom is -0.454 e. The third-order valence-electron chi connectivity index (χ3n) is 6.57. The van der Waals surface area contributed by atoms with Gasteiger partial charge in [-0.15, -0.1) is 0 Å². The first-order valence-electron chi connectivity index (χ1n) is 11.8. The monoisotopic (exact) mass is 490 g/mol. The first-order valence-corrected chi connectivity index (χ1v) is 11.8. The van der Waals surface area contributed by atoms with Crippen LogP contribution in [0.15, 0.2) is 61.2 Å². The van der Waals surface area contributed by atoms with Crippen LogP contribution in [0.1, 0.15) is 28.6 Å². The number of benzene rings is 2. The van der Waals surface area contributed by atoms with E-state index in [1.54, 1.807) is 52.0 Å². The Morgan fingerprint density at radius 2 is 1.83 bits per heavy atom. The number of halogens is 1. The SMILES string of the molecule is C=CC(=O)N1CCN([C@@H]2CCNc3c2nn(-c2ccc(Oc4ccccc4F)cc2)c3C(N)=O)CC1. The van der Waals surface area contributed by atoms with Gasteiger partial charge in [0.25, 0.3) is 5.91 Å². The van der Waals surface area contributed by atoms with Crippen LogP contribution in [-0.2, 0) is 4.79 Å². The number of aromatic nitrogens is 2. The zero-order valence-corrected chi connectivity index (χ0v) is 19.7. The van der Waals surface area contributed by atoms with Gasteiger partial charge in [0.2, 0.25) is 5.91 Å². The normalized spacial score (nSPS) is 17.7. The summed E-state index contributed by atoms with van der Waals surface area (Å²) in [5.74, 6) is -0.540. The Hall–Kier alpha value is -4.18. The molecule has 0 bridgehead atoms. The predicted molar refractivity (Wildman–Crippen MR) is 133 cm³/mol. The van der Waals surface area contributed by atoms with E-state index in [-0.39, 0.29) is 23.4 Å². The zero-order valence-electron chi connectivity index (χ0n) is 19.7. The molecule has 3 N–H and O–H groups in total. The molecule has 2 aliphatic rings. The summed E-state index contributed by atoms with van der Waals surface area (Å²) in [6.45, 7) is 6.85. The van der Waals surface area contributed by atoms with Gasteiger partial charge in [-0.2, -0.15) is 5.10 Å². The fourth-order valence-electron chi connectivity index (χ4n) is 4.78. The van der Waals surface area contributed by atoms with E-state index in [9.17, 15) is 14.0 Å². The molecular weight excluding hydrogens is 463 g/mol. The summed E-state index contributed by atoms with van der Waals surface area (Å²) in [6.07, 6.45) is 2.15. The first-order chi connectivity index (χ1) is 17.5. The second-order valence-electron chi connectivity index (χ2n) is 8.71. The number of amides is 2. The molecule has 2 aliphatic heterocycles. The number of rotatable bonds is 6. The maximum absolute atomic E-state index is 13.9. The van der Waals surface area contributed by atoms with Crippen LogP contribution in [0.3, 0.4) is 0 Å².